The maximum atomic E-state index is 12.5. The Labute approximate surface area is 116 Å². The first-order valence-electron chi connectivity index (χ1n) is 6.23. The third kappa shape index (κ3) is 2.47. The van der Waals surface area contributed by atoms with E-state index >= 15 is 0 Å². The second-order valence-electron chi connectivity index (χ2n) is 4.64. The fourth-order valence-corrected chi connectivity index (χ4v) is 2.05. The van der Waals surface area contributed by atoms with Crippen LogP contribution in [0.15, 0.2) is 12.3 Å². The Balaban J connectivity index is 2.35. The molecule has 1 atom stereocenters. The summed E-state index contributed by atoms with van der Waals surface area (Å²) in [6.07, 6.45) is 1.45. The van der Waals surface area contributed by atoms with Crippen LogP contribution in [0.1, 0.15) is 23.0 Å². The molecule has 0 bridgehead atoms. The Morgan fingerprint density at radius 2 is 2.20 bits per heavy atom. The molecule has 0 spiro atoms. The van der Waals surface area contributed by atoms with Crippen LogP contribution in [-0.4, -0.2) is 47.2 Å². The van der Waals surface area contributed by atoms with Crippen molar-refractivity contribution in [2.24, 2.45) is 0 Å². The molecule has 1 fully saturated rings. The fourth-order valence-electron chi connectivity index (χ4n) is 2.05. The smallest absolute Gasteiger partial charge is 0.258 e. The van der Waals surface area contributed by atoms with E-state index in [1.54, 1.807) is 20.0 Å². The SMILES string of the molecule is CNc1cc(C)ncc1C(=O)N1CC(=O)NC(=O)C1C. The number of pyridine rings is 1. The number of rotatable bonds is 2. The molecule has 7 nitrogen and oxygen atoms in total. The second kappa shape index (κ2) is 5.28. The summed E-state index contributed by atoms with van der Waals surface area (Å²) in [7, 11) is 1.70. The van der Waals surface area contributed by atoms with Crippen LogP contribution in [0.2, 0.25) is 0 Å². The Morgan fingerprint density at radius 1 is 1.50 bits per heavy atom. The van der Waals surface area contributed by atoms with Crippen LogP contribution in [0.3, 0.4) is 0 Å². The first kappa shape index (κ1) is 14.0. The summed E-state index contributed by atoms with van der Waals surface area (Å²) < 4.78 is 0. The number of carbonyl (C=O) groups is 3. The minimum atomic E-state index is -0.689. The van der Waals surface area contributed by atoms with Gasteiger partial charge < -0.3 is 10.2 Å². The van der Waals surface area contributed by atoms with Crippen molar-refractivity contribution in [2.45, 2.75) is 19.9 Å². The fraction of sp³-hybridized carbons (Fsp3) is 0.385. The average molecular weight is 276 g/mol. The lowest BCUT2D eigenvalue weighted by Crippen LogP contribution is -2.58. The van der Waals surface area contributed by atoms with E-state index in [1.165, 1.54) is 11.1 Å². The van der Waals surface area contributed by atoms with Crippen LogP contribution in [-0.2, 0) is 9.59 Å². The molecule has 106 valence electrons. The number of anilines is 1. The minimum Gasteiger partial charge on any atom is -0.387 e. The van der Waals surface area contributed by atoms with Gasteiger partial charge in [-0.05, 0) is 19.9 Å². The van der Waals surface area contributed by atoms with Crippen LogP contribution in [0.5, 0.6) is 0 Å². The lowest BCUT2D eigenvalue weighted by Gasteiger charge is -2.32. The van der Waals surface area contributed by atoms with Gasteiger partial charge in [0.25, 0.3) is 5.91 Å². The Bertz CT molecular complexity index is 585. The number of aryl methyl sites for hydroxylation is 1. The number of nitrogens with one attached hydrogen (secondary N) is 2. The summed E-state index contributed by atoms with van der Waals surface area (Å²) in [6.45, 7) is 3.26. The summed E-state index contributed by atoms with van der Waals surface area (Å²) >= 11 is 0. The number of aromatic nitrogens is 1. The molecule has 2 N–H and O–H groups in total. The molecule has 2 heterocycles. The lowest BCUT2D eigenvalue weighted by molar-refractivity contribution is -0.138. The highest BCUT2D eigenvalue weighted by Gasteiger charge is 2.34. The number of hydrogen-bond donors (Lipinski definition) is 2. The van der Waals surface area contributed by atoms with Crippen LogP contribution >= 0.6 is 0 Å². The second-order valence-corrected chi connectivity index (χ2v) is 4.64. The predicted molar refractivity (Wildman–Crippen MR) is 72.2 cm³/mol. The molecular formula is C13H16N4O3. The first-order valence-corrected chi connectivity index (χ1v) is 6.23. The maximum absolute atomic E-state index is 12.5. The van der Waals surface area contributed by atoms with Crippen molar-refractivity contribution in [3.63, 3.8) is 0 Å². The average Bonchev–Trinajstić information content (AvgIpc) is 2.41. The molecule has 7 heteroatoms. The van der Waals surface area contributed by atoms with Crippen molar-refractivity contribution in [2.75, 3.05) is 18.9 Å². The molecule has 1 saturated heterocycles. The van der Waals surface area contributed by atoms with E-state index < -0.39 is 23.8 Å². The first-order chi connectivity index (χ1) is 9.43. The van der Waals surface area contributed by atoms with Gasteiger partial charge in [-0.25, -0.2) is 0 Å². The van der Waals surface area contributed by atoms with Crippen molar-refractivity contribution in [1.29, 1.82) is 0 Å². The number of carbonyl (C=O) groups excluding carboxylic acids is 3. The largest absolute Gasteiger partial charge is 0.387 e. The zero-order chi connectivity index (χ0) is 14.9. The molecule has 0 radical (unpaired) electrons. The van der Waals surface area contributed by atoms with Gasteiger partial charge in [0, 0.05) is 18.9 Å². The van der Waals surface area contributed by atoms with Crippen molar-refractivity contribution in [3.8, 4) is 0 Å². The number of hydrogen-bond acceptors (Lipinski definition) is 5. The van der Waals surface area contributed by atoms with Gasteiger partial charge in [-0.15, -0.1) is 0 Å². The molecule has 2 rings (SSSR count). The Kier molecular flexibility index (Phi) is 3.69. The van der Waals surface area contributed by atoms with E-state index in [0.717, 1.165) is 5.69 Å². The number of piperazine rings is 1. The molecule has 1 unspecified atom stereocenters. The molecule has 1 aliphatic heterocycles. The van der Waals surface area contributed by atoms with Crippen LogP contribution in [0, 0.1) is 6.92 Å². The van der Waals surface area contributed by atoms with E-state index in [-0.39, 0.29) is 6.54 Å². The molecule has 1 aliphatic rings. The molecule has 1 aromatic heterocycles. The lowest BCUT2D eigenvalue weighted by atomic mass is 10.1. The van der Waals surface area contributed by atoms with Crippen LogP contribution in [0.25, 0.3) is 0 Å². The maximum Gasteiger partial charge on any atom is 0.258 e. The van der Waals surface area contributed by atoms with Gasteiger partial charge in [-0.3, -0.25) is 24.7 Å². The van der Waals surface area contributed by atoms with E-state index in [9.17, 15) is 14.4 Å². The van der Waals surface area contributed by atoms with Gasteiger partial charge in [0.1, 0.15) is 12.6 Å². The highest BCUT2D eigenvalue weighted by atomic mass is 16.2. The number of imide groups is 1. The van der Waals surface area contributed by atoms with Crippen molar-refractivity contribution in [1.82, 2.24) is 15.2 Å². The van der Waals surface area contributed by atoms with E-state index in [4.69, 9.17) is 0 Å². The van der Waals surface area contributed by atoms with Crippen LogP contribution in [0.4, 0.5) is 5.69 Å². The van der Waals surface area contributed by atoms with Crippen molar-refractivity contribution >= 4 is 23.4 Å². The van der Waals surface area contributed by atoms with Gasteiger partial charge in [-0.1, -0.05) is 0 Å². The standard InChI is InChI=1S/C13H16N4O3/c1-7-4-10(14-3)9(5-15-7)13(20)17-6-11(18)16-12(19)8(17)2/h4-5,8H,6H2,1-3H3,(H,14,15)(H,16,18,19). The summed E-state index contributed by atoms with van der Waals surface area (Å²) in [4.78, 5) is 40.9. The summed E-state index contributed by atoms with van der Waals surface area (Å²) in [5.41, 5.74) is 1.73. The number of nitrogens with zero attached hydrogens (tertiary/aromatic N) is 2. The topological polar surface area (TPSA) is 91.4 Å². The van der Waals surface area contributed by atoms with Gasteiger partial charge in [-0.2, -0.15) is 0 Å². The Morgan fingerprint density at radius 3 is 2.85 bits per heavy atom. The van der Waals surface area contributed by atoms with E-state index in [0.29, 0.717) is 11.3 Å². The predicted octanol–water partition coefficient (Wildman–Crippen LogP) is -0.0812. The summed E-state index contributed by atoms with van der Waals surface area (Å²) in [5.74, 6) is -1.34. The molecule has 0 saturated carbocycles. The number of amides is 3. The molecule has 3 amide bonds. The van der Waals surface area contributed by atoms with Gasteiger partial charge in [0.15, 0.2) is 0 Å². The highest BCUT2D eigenvalue weighted by Crippen LogP contribution is 2.19. The molecular weight excluding hydrogens is 260 g/mol. The van der Waals surface area contributed by atoms with E-state index in [2.05, 4.69) is 15.6 Å². The third-order valence-corrected chi connectivity index (χ3v) is 3.22. The molecule has 20 heavy (non-hydrogen) atoms. The van der Waals surface area contributed by atoms with E-state index in [1.807, 2.05) is 6.92 Å². The molecule has 0 aliphatic carbocycles. The van der Waals surface area contributed by atoms with Crippen LogP contribution < -0.4 is 10.6 Å². The monoisotopic (exact) mass is 276 g/mol. The summed E-state index contributed by atoms with van der Waals surface area (Å²) in [5, 5.41) is 5.12. The highest BCUT2D eigenvalue weighted by molar-refractivity contribution is 6.08. The third-order valence-electron chi connectivity index (χ3n) is 3.22. The Hall–Kier alpha value is -2.44. The normalized spacial score (nSPS) is 18.8. The molecule has 1 aromatic rings. The van der Waals surface area contributed by atoms with Crippen molar-refractivity contribution in [3.05, 3.63) is 23.5 Å². The quantitative estimate of drug-likeness (QED) is 0.737. The van der Waals surface area contributed by atoms with Gasteiger partial charge in [0.05, 0.1) is 11.3 Å². The van der Waals surface area contributed by atoms with Crippen molar-refractivity contribution < 1.29 is 14.4 Å². The van der Waals surface area contributed by atoms with Gasteiger partial charge >= 0.3 is 0 Å². The summed E-state index contributed by atoms with van der Waals surface area (Å²) in [6, 6.07) is 1.05. The molecule has 0 aromatic carbocycles. The zero-order valence-corrected chi connectivity index (χ0v) is 11.6. The minimum absolute atomic E-state index is 0.136. The zero-order valence-electron chi connectivity index (χ0n) is 11.6. The van der Waals surface area contributed by atoms with Gasteiger partial charge in [0.2, 0.25) is 11.8 Å².